The van der Waals surface area contributed by atoms with Crippen molar-refractivity contribution in [1.82, 2.24) is 4.90 Å². The van der Waals surface area contributed by atoms with Crippen molar-refractivity contribution in [1.29, 1.82) is 0 Å². The Morgan fingerprint density at radius 2 is 1.62 bits per heavy atom. The number of anilines is 1. The fourth-order valence-electron chi connectivity index (χ4n) is 9.15. The Morgan fingerprint density at radius 1 is 0.851 bits per heavy atom. The first-order valence-corrected chi connectivity index (χ1v) is 16.6. The topological polar surface area (TPSA) is 95.0 Å². The Labute approximate surface area is 277 Å². The van der Waals surface area contributed by atoms with Gasteiger partial charge in [-0.05, 0) is 65.8 Å². The molecule has 0 radical (unpaired) electrons. The minimum Gasteiger partial charge on any atom is -0.508 e. The first-order valence-electron chi connectivity index (χ1n) is 16.2. The number of benzene rings is 4. The van der Waals surface area contributed by atoms with Crippen LogP contribution in [0.1, 0.15) is 43.2 Å². The lowest BCUT2D eigenvalue weighted by molar-refractivity contribution is -0.140. The summed E-state index contributed by atoms with van der Waals surface area (Å²) in [5.41, 5.74) is 0.947. The van der Waals surface area contributed by atoms with Crippen LogP contribution in [0.25, 0.3) is 10.8 Å². The first kappa shape index (κ1) is 29.6. The summed E-state index contributed by atoms with van der Waals surface area (Å²) in [6.07, 6.45) is 3.23. The van der Waals surface area contributed by atoms with Crippen molar-refractivity contribution in [3.8, 4) is 5.75 Å². The van der Waals surface area contributed by atoms with Crippen LogP contribution < -0.4 is 4.90 Å². The number of phenolic OH excluding ortho intramolecular Hbond substituents is 1. The summed E-state index contributed by atoms with van der Waals surface area (Å²) in [5.74, 6) is -4.49. The Kier molecular flexibility index (Phi) is 6.88. The number of aromatic hydroxyl groups is 1. The standard InChI is InChI=1S/C39H33ClN2O5/c1-2-19-41-35(44)28-17-16-27-29(32(28)37(41)46)21-30-36(45)42(25-13-8-12-24(40)20-25)38(47)39(30,23-10-4-3-5-11-23)34(27)33-26-14-7-6-9-22(26)15-18-31(33)43/h3-16,18,20,28-30,32,34,43H,2,17,19,21H2,1H3/t28-,29+,30-,32-,34+,39+/m0/s1. The summed E-state index contributed by atoms with van der Waals surface area (Å²) < 4.78 is 0. The van der Waals surface area contributed by atoms with Crippen molar-refractivity contribution in [3.63, 3.8) is 0 Å². The number of rotatable bonds is 5. The molecule has 4 amide bonds. The third-order valence-electron chi connectivity index (χ3n) is 10.9. The molecule has 7 nitrogen and oxygen atoms in total. The van der Waals surface area contributed by atoms with Gasteiger partial charge < -0.3 is 5.11 Å². The molecule has 0 unspecified atom stereocenters. The average Bonchev–Trinajstić information content (AvgIpc) is 3.46. The van der Waals surface area contributed by atoms with Crippen molar-refractivity contribution in [2.24, 2.45) is 23.7 Å². The van der Waals surface area contributed by atoms with E-state index in [-0.39, 0.29) is 29.9 Å². The van der Waals surface area contributed by atoms with Crippen LogP contribution in [0, 0.1) is 23.7 Å². The highest BCUT2D eigenvalue weighted by Gasteiger charge is 2.70. The largest absolute Gasteiger partial charge is 0.508 e. The molecule has 2 heterocycles. The van der Waals surface area contributed by atoms with Crippen molar-refractivity contribution in [2.45, 2.75) is 37.5 Å². The van der Waals surface area contributed by atoms with E-state index in [9.17, 15) is 19.5 Å². The van der Waals surface area contributed by atoms with Crippen LogP contribution in [0.4, 0.5) is 5.69 Å². The van der Waals surface area contributed by atoms with Crippen LogP contribution in [0.5, 0.6) is 5.75 Å². The predicted molar refractivity (Wildman–Crippen MR) is 179 cm³/mol. The molecule has 8 rings (SSSR count). The maximum atomic E-state index is 15.4. The lowest BCUT2D eigenvalue weighted by atomic mass is 9.48. The van der Waals surface area contributed by atoms with E-state index in [4.69, 9.17) is 11.6 Å². The first-order chi connectivity index (χ1) is 22.8. The van der Waals surface area contributed by atoms with Crippen LogP contribution in [-0.4, -0.2) is 40.2 Å². The number of hydrogen-bond donors (Lipinski definition) is 1. The zero-order valence-electron chi connectivity index (χ0n) is 25.8. The number of likely N-dealkylation sites (tertiary alicyclic amines) is 1. The van der Waals surface area contributed by atoms with E-state index in [1.807, 2.05) is 73.7 Å². The monoisotopic (exact) mass is 644 g/mol. The molecular weight excluding hydrogens is 612 g/mol. The third kappa shape index (κ3) is 4.05. The summed E-state index contributed by atoms with van der Waals surface area (Å²) >= 11 is 6.40. The van der Waals surface area contributed by atoms with Gasteiger partial charge in [0.05, 0.1) is 28.9 Å². The number of phenols is 1. The normalized spacial score (nSPS) is 28.4. The van der Waals surface area contributed by atoms with Gasteiger partial charge in [-0.25, -0.2) is 4.90 Å². The highest BCUT2D eigenvalue weighted by atomic mass is 35.5. The van der Waals surface area contributed by atoms with Crippen molar-refractivity contribution in [2.75, 3.05) is 11.4 Å². The Morgan fingerprint density at radius 3 is 2.38 bits per heavy atom. The maximum Gasteiger partial charge on any atom is 0.246 e. The number of nitrogens with zero attached hydrogens (tertiary/aromatic N) is 2. The molecule has 2 saturated heterocycles. The fraction of sp³-hybridized carbons (Fsp3) is 0.282. The van der Waals surface area contributed by atoms with Crippen LogP contribution in [-0.2, 0) is 24.6 Å². The van der Waals surface area contributed by atoms with Crippen LogP contribution in [0.3, 0.4) is 0 Å². The number of amides is 4. The van der Waals surface area contributed by atoms with E-state index in [0.29, 0.717) is 41.2 Å². The van der Waals surface area contributed by atoms with Gasteiger partial charge in [-0.1, -0.05) is 96.9 Å². The van der Waals surface area contributed by atoms with E-state index < -0.39 is 40.9 Å². The van der Waals surface area contributed by atoms with Gasteiger partial charge in [-0.15, -0.1) is 0 Å². The van der Waals surface area contributed by atoms with Crippen molar-refractivity contribution >= 4 is 51.7 Å². The summed E-state index contributed by atoms with van der Waals surface area (Å²) in [7, 11) is 0. The Bertz CT molecular complexity index is 2020. The number of fused-ring (bicyclic) bond motifs is 5. The van der Waals surface area contributed by atoms with Gasteiger partial charge in [0, 0.05) is 23.0 Å². The van der Waals surface area contributed by atoms with Crippen LogP contribution in [0.2, 0.25) is 5.02 Å². The molecule has 47 heavy (non-hydrogen) atoms. The molecule has 236 valence electrons. The minimum absolute atomic E-state index is 0.00863. The van der Waals surface area contributed by atoms with Crippen molar-refractivity contribution in [3.05, 3.63) is 119 Å². The van der Waals surface area contributed by atoms with E-state index in [1.165, 1.54) is 9.80 Å². The molecule has 8 heteroatoms. The molecule has 0 aromatic heterocycles. The van der Waals surface area contributed by atoms with Crippen LogP contribution >= 0.6 is 11.6 Å². The maximum absolute atomic E-state index is 15.4. The van der Waals surface area contributed by atoms with E-state index >= 15 is 4.79 Å². The predicted octanol–water partition coefficient (Wildman–Crippen LogP) is 6.77. The molecule has 4 aromatic rings. The van der Waals surface area contributed by atoms with Gasteiger partial charge >= 0.3 is 0 Å². The average molecular weight is 645 g/mol. The van der Waals surface area contributed by atoms with Gasteiger partial charge in [0.2, 0.25) is 23.6 Å². The molecule has 4 aromatic carbocycles. The molecule has 2 aliphatic heterocycles. The second kappa shape index (κ2) is 10.9. The highest BCUT2D eigenvalue weighted by Crippen LogP contribution is 2.65. The van der Waals surface area contributed by atoms with Gasteiger partial charge in [0.1, 0.15) is 5.75 Å². The molecule has 2 aliphatic carbocycles. The zero-order chi connectivity index (χ0) is 32.6. The van der Waals surface area contributed by atoms with Crippen LogP contribution in [0.15, 0.2) is 103 Å². The minimum atomic E-state index is -1.45. The van der Waals surface area contributed by atoms with Gasteiger partial charge in [0.25, 0.3) is 0 Å². The summed E-state index contributed by atoms with van der Waals surface area (Å²) in [4.78, 5) is 60.6. The SMILES string of the molecule is CCCN1C(=O)[C@H]2[C@H](CC=C3[C@H]2C[C@H]2C(=O)N(c4cccc(Cl)c4)C(=O)[C@@]2(c2ccccc2)[C@H]3c2c(O)ccc3ccccc23)C1=O. The summed E-state index contributed by atoms with van der Waals surface area (Å²) in [6.45, 7) is 2.28. The number of halogens is 1. The van der Waals surface area contributed by atoms with E-state index in [0.717, 1.165) is 16.3 Å². The lowest BCUT2D eigenvalue weighted by Crippen LogP contribution is -2.53. The molecule has 1 N–H and O–H groups in total. The lowest BCUT2D eigenvalue weighted by Gasteiger charge is -2.51. The van der Waals surface area contributed by atoms with Crippen molar-refractivity contribution < 1.29 is 24.3 Å². The molecule has 6 atom stereocenters. The van der Waals surface area contributed by atoms with E-state index in [2.05, 4.69) is 0 Å². The number of imide groups is 2. The zero-order valence-corrected chi connectivity index (χ0v) is 26.6. The second-order valence-corrected chi connectivity index (χ2v) is 13.6. The van der Waals surface area contributed by atoms with Gasteiger partial charge in [-0.3, -0.25) is 24.1 Å². The fourth-order valence-corrected chi connectivity index (χ4v) is 9.34. The molecule has 0 bridgehead atoms. The quantitative estimate of drug-likeness (QED) is 0.191. The smallest absolute Gasteiger partial charge is 0.246 e. The number of carbonyl (C=O) groups is 4. The summed E-state index contributed by atoms with van der Waals surface area (Å²) in [5, 5.41) is 13.8. The van der Waals surface area contributed by atoms with Gasteiger partial charge in [-0.2, -0.15) is 0 Å². The number of allylic oxidation sites excluding steroid dienone is 2. The Balaban J connectivity index is 1.44. The number of hydrogen-bond acceptors (Lipinski definition) is 5. The molecule has 1 saturated carbocycles. The van der Waals surface area contributed by atoms with E-state index in [1.54, 1.807) is 30.3 Å². The Hall–Kier alpha value is -4.75. The molecule has 0 spiro atoms. The van der Waals surface area contributed by atoms with Gasteiger partial charge in [0.15, 0.2) is 0 Å². The highest BCUT2D eigenvalue weighted by molar-refractivity contribution is 6.32. The number of carbonyl (C=O) groups excluding carboxylic acids is 4. The summed E-state index contributed by atoms with van der Waals surface area (Å²) in [6, 6.07) is 27.3. The molecule has 4 aliphatic rings. The third-order valence-corrected chi connectivity index (χ3v) is 11.2. The molecule has 3 fully saturated rings. The second-order valence-electron chi connectivity index (χ2n) is 13.1. The molecular formula is C39H33ClN2O5.